The topological polar surface area (TPSA) is 94.0 Å². The minimum atomic E-state index is -0.161. The van der Waals surface area contributed by atoms with Gasteiger partial charge in [0.05, 0.1) is 18.6 Å². The van der Waals surface area contributed by atoms with Gasteiger partial charge in [0.15, 0.2) is 0 Å². The number of hydrogen-bond acceptors (Lipinski definition) is 6. The molecule has 2 aliphatic heterocycles. The summed E-state index contributed by atoms with van der Waals surface area (Å²) in [7, 11) is 0. The average molecular weight is 495 g/mol. The largest absolute Gasteiger partial charge is 0.488 e. The molecule has 194 valence electrons. The second-order valence-corrected chi connectivity index (χ2v) is 10.5. The number of nitrogens with zero attached hydrogens (tertiary/aromatic N) is 2. The Kier molecular flexibility index (Phi) is 7.65. The van der Waals surface area contributed by atoms with Crippen molar-refractivity contribution in [3.05, 3.63) is 54.1 Å². The first kappa shape index (κ1) is 24.9. The highest BCUT2D eigenvalue weighted by atomic mass is 16.5. The van der Waals surface area contributed by atoms with Gasteiger partial charge in [0, 0.05) is 61.3 Å². The van der Waals surface area contributed by atoms with Gasteiger partial charge < -0.3 is 29.5 Å². The molecule has 36 heavy (non-hydrogen) atoms. The van der Waals surface area contributed by atoms with Crippen molar-refractivity contribution >= 4 is 16.8 Å². The van der Waals surface area contributed by atoms with Crippen LogP contribution < -0.4 is 10.1 Å². The van der Waals surface area contributed by atoms with Crippen molar-refractivity contribution in [3.8, 4) is 5.75 Å². The molecular formula is C28H38N4O4. The third-order valence-corrected chi connectivity index (χ3v) is 7.80. The van der Waals surface area contributed by atoms with Crippen molar-refractivity contribution in [1.29, 1.82) is 0 Å². The molecular weight excluding hydrogens is 456 g/mol. The molecule has 8 heteroatoms. The van der Waals surface area contributed by atoms with E-state index in [-0.39, 0.29) is 18.1 Å². The molecule has 0 unspecified atom stereocenters. The molecule has 3 atom stereocenters. The first-order valence-electron chi connectivity index (χ1n) is 13.2. The monoisotopic (exact) mass is 494 g/mol. The van der Waals surface area contributed by atoms with Crippen LogP contribution in [0.25, 0.3) is 10.9 Å². The number of fused-ring (bicyclic) bond motifs is 1. The van der Waals surface area contributed by atoms with Crippen LogP contribution in [0.2, 0.25) is 0 Å². The Bertz CT molecular complexity index is 1140. The van der Waals surface area contributed by atoms with Gasteiger partial charge in [0.25, 0.3) is 5.91 Å². The highest BCUT2D eigenvalue weighted by Crippen LogP contribution is 2.27. The fourth-order valence-electron chi connectivity index (χ4n) is 5.49. The standard InChI is InChI=1S/C28H38N4O4/c1-19-15-32(12-8-26(19)33)20(2)16-31-10-6-22(7-11-31)29-28(34)25-14-23-24(30-25)4-3-5-27(23)36-18-21-9-13-35-17-21/h3-5,9,13-14,17,19-20,22,26,30,33H,6-8,10-12,15-16,18H2,1-2H3,(H,29,34)/t19-,20-,26-/m0/s1. The number of nitrogens with one attached hydrogen (secondary N) is 2. The summed E-state index contributed by atoms with van der Waals surface area (Å²) >= 11 is 0. The number of aliphatic hydroxyl groups is 1. The first-order chi connectivity index (χ1) is 17.5. The lowest BCUT2D eigenvalue weighted by atomic mass is 9.95. The number of H-pyrrole nitrogens is 1. The summed E-state index contributed by atoms with van der Waals surface area (Å²) in [6.07, 6.45) is 5.91. The molecule has 0 radical (unpaired) electrons. The number of carbonyl (C=O) groups excluding carboxylic acids is 1. The SMILES string of the molecule is C[C@H]1CN([C@@H](C)CN2CCC(NC(=O)c3cc4c(OCc5ccoc5)cccc4[nH]3)CC2)CC[C@@H]1O. The number of rotatable bonds is 8. The quantitative estimate of drug-likeness (QED) is 0.443. The van der Waals surface area contributed by atoms with E-state index in [1.54, 1.807) is 12.5 Å². The van der Waals surface area contributed by atoms with E-state index in [9.17, 15) is 9.90 Å². The zero-order chi connectivity index (χ0) is 25.1. The van der Waals surface area contributed by atoms with Gasteiger partial charge in [-0.3, -0.25) is 9.69 Å². The fraction of sp³-hybridized carbons (Fsp3) is 0.536. The predicted molar refractivity (Wildman–Crippen MR) is 139 cm³/mol. The average Bonchev–Trinajstić information content (AvgIpc) is 3.56. The van der Waals surface area contributed by atoms with Crippen LogP contribution in [0.15, 0.2) is 47.3 Å². The minimum Gasteiger partial charge on any atom is -0.488 e. The van der Waals surface area contributed by atoms with Crippen molar-refractivity contribution in [3.63, 3.8) is 0 Å². The van der Waals surface area contributed by atoms with Crippen molar-refractivity contribution in [2.24, 2.45) is 5.92 Å². The molecule has 0 aliphatic carbocycles. The number of carbonyl (C=O) groups is 1. The van der Waals surface area contributed by atoms with Crippen molar-refractivity contribution < 1.29 is 19.1 Å². The number of amides is 1. The van der Waals surface area contributed by atoms with Crippen LogP contribution in [0.1, 0.15) is 49.2 Å². The van der Waals surface area contributed by atoms with Crippen molar-refractivity contribution in [1.82, 2.24) is 20.1 Å². The third kappa shape index (κ3) is 5.77. The molecule has 0 saturated carbocycles. The molecule has 1 amide bonds. The van der Waals surface area contributed by atoms with Gasteiger partial charge in [0.1, 0.15) is 18.1 Å². The van der Waals surface area contributed by atoms with E-state index in [0.29, 0.717) is 24.3 Å². The molecule has 2 saturated heterocycles. The number of likely N-dealkylation sites (tertiary alicyclic amines) is 2. The number of aliphatic hydroxyl groups excluding tert-OH is 1. The lowest BCUT2D eigenvalue weighted by molar-refractivity contribution is 0.0115. The third-order valence-electron chi connectivity index (χ3n) is 7.80. The summed E-state index contributed by atoms with van der Waals surface area (Å²) in [5, 5.41) is 14.1. The van der Waals surface area contributed by atoms with Crippen LogP contribution >= 0.6 is 0 Å². The van der Waals surface area contributed by atoms with Crippen LogP contribution in [-0.2, 0) is 6.61 Å². The second-order valence-electron chi connectivity index (χ2n) is 10.5. The van der Waals surface area contributed by atoms with Crippen LogP contribution in [0.5, 0.6) is 5.75 Å². The molecule has 2 aromatic heterocycles. The van der Waals surface area contributed by atoms with Crippen molar-refractivity contribution in [2.45, 2.75) is 57.9 Å². The second kappa shape index (κ2) is 11.1. The molecule has 3 N–H and O–H groups in total. The zero-order valence-corrected chi connectivity index (χ0v) is 21.3. The molecule has 3 aromatic rings. The molecule has 1 aromatic carbocycles. The number of benzene rings is 1. The van der Waals surface area contributed by atoms with Gasteiger partial charge in [-0.25, -0.2) is 0 Å². The van der Waals surface area contributed by atoms with E-state index < -0.39 is 0 Å². The van der Waals surface area contributed by atoms with Gasteiger partial charge >= 0.3 is 0 Å². The Morgan fingerprint density at radius 3 is 2.83 bits per heavy atom. The fourth-order valence-corrected chi connectivity index (χ4v) is 5.49. The van der Waals surface area contributed by atoms with E-state index in [1.165, 1.54) is 0 Å². The Morgan fingerprint density at radius 2 is 2.08 bits per heavy atom. The summed E-state index contributed by atoms with van der Waals surface area (Å²) < 4.78 is 11.1. The molecule has 0 bridgehead atoms. The first-order valence-corrected chi connectivity index (χ1v) is 13.2. The Balaban J connectivity index is 1.12. The maximum absolute atomic E-state index is 13.0. The number of aromatic nitrogens is 1. The molecule has 5 rings (SSSR count). The Morgan fingerprint density at radius 1 is 1.25 bits per heavy atom. The van der Waals surface area contributed by atoms with Crippen LogP contribution in [0.4, 0.5) is 0 Å². The van der Waals surface area contributed by atoms with E-state index in [0.717, 1.165) is 74.2 Å². The normalized spacial score (nSPS) is 23.1. The lowest BCUT2D eigenvalue weighted by Gasteiger charge is -2.41. The number of furan rings is 1. The van der Waals surface area contributed by atoms with Gasteiger partial charge in [-0.05, 0) is 56.4 Å². The van der Waals surface area contributed by atoms with Gasteiger partial charge in [-0.2, -0.15) is 0 Å². The maximum Gasteiger partial charge on any atom is 0.267 e. The summed E-state index contributed by atoms with van der Waals surface area (Å²) in [5.74, 6) is 1.01. The van der Waals surface area contributed by atoms with E-state index in [4.69, 9.17) is 9.15 Å². The van der Waals surface area contributed by atoms with Crippen LogP contribution in [-0.4, -0.2) is 76.7 Å². The zero-order valence-electron chi connectivity index (χ0n) is 21.3. The Hall–Kier alpha value is -2.81. The summed E-state index contributed by atoms with van der Waals surface area (Å²) in [6, 6.07) is 10.2. The number of aromatic amines is 1. The number of hydrogen-bond donors (Lipinski definition) is 3. The van der Waals surface area contributed by atoms with Crippen LogP contribution in [0.3, 0.4) is 0 Å². The Labute approximate surface area is 212 Å². The smallest absolute Gasteiger partial charge is 0.267 e. The maximum atomic E-state index is 13.0. The van der Waals surface area contributed by atoms with Gasteiger partial charge in [0.2, 0.25) is 0 Å². The van der Waals surface area contributed by atoms with E-state index >= 15 is 0 Å². The molecule has 2 fully saturated rings. The highest BCUT2D eigenvalue weighted by Gasteiger charge is 2.29. The van der Waals surface area contributed by atoms with Gasteiger partial charge in [-0.15, -0.1) is 0 Å². The highest BCUT2D eigenvalue weighted by molar-refractivity contribution is 5.99. The van der Waals surface area contributed by atoms with Crippen molar-refractivity contribution in [2.75, 3.05) is 32.7 Å². The predicted octanol–water partition coefficient (Wildman–Crippen LogP) is 3.63. The van der Waals surface area contributed by atoms with Gasteiger partial charge in [-0.1, -0.05) is 13.0 Å². The molecule has 8 nitrogen and oxygen atoms in total. The number of ether oxygens (including phenoxy) is 1. The number of piperidine rings is 2. The van der Waals surface area contributed by atoms with Crippen LogP contribution in [0, 0.1) is 5.92 Å². The molecule has 2 aliphatic rings. The molecule has 4 heterocycles. The minimum absolute atomic E-state index is 0.0698. The lowest BCUT2D eigenvalue weighted by Crippen LogP contribution is -2.52. The molecule has 0 spiro atoms. The summed E-state index contributed by atoms with van der Waals surface area (Å²) in [6.45, 7) is 9.79. The summed E-state index contributed by atoms with van der Waals surface area (Å²) in [5.41, 5.74) is 2.40. The summed E-state index contributed by atoms with van der Waals surface area (Å²) in [4.78, 5) is 21.3. The van der Waals surface area contributed by atoms with E-state index in [2.05, 4.69) is 33.9 Å². The van der Waals surface area contributed by atoms with E-state index in [1.807, 2.05) is 30.3 Å².